The van der Waals surface area contributed by atoms with Crippen LogP contribution in [0.15, 0.2) is 27.8 Å². The fraction of sp³-hybridized carbons (Fsp3) is 0.583. The Bertz CT molecular complexity index is 303. The summed E-state index contributed by atoms with van der Waals surface area (Å²) in [5.41, 5.74) is 0. The molecule has 1 rings (SSSR count). The third-order valence-electron chi connectivity index (χ3n) is 2.48. The van der Waals surface area contributed by atoms with Gasteiger partial charge < -0.3 is 5.32 Å². The minimum Gasteiger partial charge on any atom is -0.313 e. The normalized spacial score (nSPS) is 11.0. The van der Waals surface area contributed by atoms with Crippen molar-refractivity contribution >= 4 is 27.7 Å². The maximum Gasteiger partial charge on any atom is 0.110 e. The summed E-state index contributed by atoms with van der Waals surface area (Å²) in [4.78, 5) is 4.32. The summed E-state index contributed by atoms with van der Waals surface area (Å²) in [6.45, 7) is 5.49. The molecule has 2 nitrogen and oxygen atoms in total. The largest absolute Gasteiger partial charge is 0.313 e. The number of hydrogen-bond donors (Lipinski definition) is 1. The van der Waals surface area contributed by atoms with Crippen LogP contribution in [0.1, 0.15) is 26.7 Å². The molecule has 0 aromatic carbocycles. The summed E-state index contributed by atoms with van der Waals surface area (Å²) in [7, 11) is 0. The second kappa shape index (κ2) is 8.09. The van der Waals surface area contributed by atoms with Crippen LogP contribution < -0.4 is 5.32 Å². The molecule has 16 heavy (non-hydrogen) atoms. The van der Waals surface area contributed by atoms with Crippen LogP contribution in [-0.2, 0) is 0 Å². The molecule has 0 amide bonds. The maximum atomic E-state index is 4.32. The van der Waals surface area contributed by atoms with Gasteiger partial charge in [-0.3, -0.25) is 0 Å². The van der Waals surface area contributed by atoms with E-state index in [2.05, 4.69) is 40.1 Å². The molecule has 0 fully saturated rings. The first-order valence-corrected chi connectivity index (χ1v) is 7.52. The first-order chi connectivity index (χ1) is 7.77. The smallest absolute Gasteiger partial charge is 0.110 e. The van der Waals surface area contributed by atoms with Crippen molar-refractivity contribution in [2.24, 2.45) is 0 Å². The predicted octanol–water partition coefficient (Wildman–Crippen LogP) is 3.71. The SMILES string of the molecule is CCC(CC)NCCSc1ncccc1Br. The molecule has 0 bridgehead atoms. The van der Waals surface area contributed by atoms with Crippen LogP contribution in [0.3, 0.4) is 0 Å². The Morgan fingerprint density at radius 3 is 2.81 bits per heavy atom. The molecule has 1 aromatic heterocycles. The van der Waals surface area contributed by atoms with Crippen molar-refractivity contribution < 1.29 is 0 Å². The van der Waals surface area contributed by atoms with E-state index in [1.165, 1.54) is 12.8 Å². The van der Waals surface area contributed by atoms with Crippen LogP contribution in [0.5, 0.6) is 0 Å². The van der Waals surface area contributed by atoms with Crippen LogP contribution in [0.25, 0.3) is 0 Å². The highest BCUT2D eigenvalue weighted by molar-refractivity contribution is 9.10. The van der Waals surface area contributed by atoms with Gasteiger partial charge in [0, 0.05) is 29.0 Å². The Balaban J connectivity index is 2.23. The van der Waals surface area contributed by atoms with Gasteiger partial charge in [0.2, 0.25) is 0 Å². The van der Waals surface area contributed by atoms with Crippen molar-refractivity contribution in [1.29, 1.82) is 0 Å². The minimum atomic E-state index is 0.660. The standard InChI is InChI=1S/C12H19BrN2S/c1-3-10(4-2)14-8-9-16-12-11(13)6-5-7-15-12/h5-7,10,14H,3-4,8-9H2,1-2H3. The number of hydrogen-bond acceptors (Lipinski definition) is 3. The van der Waals surface area contributed by atoms with Gasteiger partial charge in [0.1, 0.15) is 5.03 Å². The molecule has 1 heterocycles. The molecule has 0 radical (unpaired) electrons. The molecule has 90 valence electrons. The van der Waals surface area contributed by atoms with Gasteiger partial charge in [-0.2, -0.15) is 0 Å². The molecule has 4 heteroatoms. The van der Waals surface area contributed by atoms with E-state index in [0.29, 0.717) is 6.04 Å². The summed E-state index contributed by atoms with van der Waals surface area (Å²) in [5.74, 6) is 1.06. The molecule has 0 aliphatic rings. The monoisotopic (exact) mass is 302 g/mol. The van der Waals surface area contributed by atoms with Crippen molar-refractivity contribution in [2.45, 2.75) is 37.8 Å². The summed E-state index contributed by atoms with van der Waals surface area (Å²) in [5, 5.41) is 4.62. The Morgan fingerprint density at radius 1 is 1.44 bits per heavy atom. The molecule has 0 spiro atoms. The molecule has 0 saturated carbocycles. The molecular weight excluding hydrogens is 284 g/mol. The van der Waals surface area contributed by atoms with Gasteiger partial charge in [-0.1, -0.05) is 13.8 Å². The first kappa shape index (κ1) is 14.0. The molecule has 0 unspecified atom stereocenters. The second-order valence-corrected chi connectivity index (χ2v) is 5.54. The van der Waals surface area contributed by atoms with Crippen molar-refractivity contribution in [3.8, 4) is 0 Å². The fourth-order valence-electron chi connectivity index (χ4n) is 1.47. The summed E-state index contributed by atoms with van der Waals surface area (Å²) >= 11 is 5.29. The molecule has 0 atom stereocenters. The summed E-state index contributed by atoms with van der Waals surface area (Å²) in [6.07, 6.45) is 4.24. The Morgan fingerprint density at radius 2 is 2.19 bits per heavy atom. The third kappa shape index (κ3) is 4.85. The van der Waals surface area contributed by atoms with Crippen LogP contribution in [0, 0.1) is 0 Å². The number of rotatable bonds is 7. The number of pyridine rings is 1. The molecule has 0 aliphatic heterocycles. The Labute approximate surface area is 111 Å². The minimum absolute atomic E-state index is 0.660. The lowest BCUT2D eigenvalue weighted by molar-refractivity contribution is 0.501. The maximum absolute atomic E-state index is 4.32. The lowest BCUT2D eigenvalue weighted by atomic mass is 10.2. The van der Waals surface area contributed by atoms with E-state index in [0.717, 1.165) is 21.8 Å². The highest BCUT2D eigenvalue weighted by atomic mass is 79.9. The number of aromatic nitrogens is 1. The van der Waals surface area contributed by atoms with Crippen molar-refractivity contribution in [2.75, 3.05) is 12.3 Å². The highest BCUT2D eigenvalue weighted by Crippen LogP contribution is 2.23. The molecule has 0 saturated heterocycles. The molecule has 1 N–H and O–H groups in total. The Hall–Kier alpha value is -0.0600. The van der Waals surface area contributed by atoms with Gasteiger partial charge >= 0.3 is 0 Å². The van der Waals surface area contributed by atoms with Gasteiger partial charge in [0.05, 0.1) is 0 Å². The van der Waals surface area contributed by atoms with Gasteiger partial charge in [-0.15, -0.1) is 11.8 Å². The Kier molecular flexibility index (Phi) is 7.08. The van der Waals surface area contributed by atoms with Gasteiger partial charge in [0.25, 0.3) is 0 Å². The number of halogens is 1. The van der Waals surface area contributed by atoms with Crippen LogP contribution >= 0.6 is 27.7 Å². The predicted molar refractivity (Wildman–Crippen MR) is 75.0 cm³/mol. The molecule has 0 aliphatic carbocycles. The number of thioether (sulfide) groups is 1. The highest BCUT2D eigenvalue weighted by Gasteiger charge is 2.03. The zero-order valence-corrected chi connectivity index (χ0v) is 12.3. The van der Waals surface area contributed by atoms with E-state index in [1.807, 2.05) is 18.3 Å². The van der Waals surface area contributed by atoms with E-state index in [-0.39, 0.29) is 0 Å². The van der Waals surface area contributed by atoms with Gasteiger partial charge in [-0.25, -0.2) is 4.98 Å². The fourth-order valence-corrected chi connectivity index (χ4v) is 2.82. The van der Waals surface area contributed by atoms with Gasteiger partial charge in [-0.05, 0) is 40.9 Å². The third-order valence-corrected chi connectivity index (χ3v) is 4.39. The molecule has 1 aromatic rings. The van der Waals surface area contributed by atoms with Gasteiger partial charge in [0.15, 0.2) is 0 Å². The van der Waals surface area contributed by atoms with Crippen molar-refractivity contribution in [3.05, 3.63) is 22.8 Å². The average Bonchev–Trinajstić information content (AvgIpc) is 2.31. The van der Waals surface area contributed by atoms with Crippen LogP contribution in [0.4, 0.5) is 0 Å². The van der Waals surface area contributed by atoms with Crippen molar-refractivity contribution in [1.82, 2.24) is 10.3 Å². The lowest BCUT2D eigenvalue weighted by Crippen LogP contribution is -2.29. The zero-order chi connectivity index (χ0) is 11.8. The van der Waals surface area contributed by atoms with Crippen molar-refractivity contribution in [3.63, 3.8) is 0 Å². The lowest BCUT2D eigenvalue weighted by Gasteiger charge is -2.14. The summed E-state index contributed by atoms with van der Waals surface area (Å²) in [6, 6.07) is 4.63. The zero-order valence-electron chi connectivity index (χ0n) is 9.87. The van der Waals surface area contributed by atoms with Crippen LogP contribution in [0.2, 0.25) is 0 Å². The molecular formula is C12H19BrN2S. The number of nitrogens with one attached hydrogen (secondary N) is 1. The quantitative estimate of drug-likeness (QED) is 0.614. The van der Waals surface area contributed by atoms with E-state index in [4.69, 9.17) is 0 Å². The average molecular weight is 303 g/mol. The van der Waals surface area contributed by atoms with E-state index >= 15 is 0 Å². The topological polar surface area (TPSA) is 24.9 Å². The second-order valence-electron chi connectivity index (χ2n) is 3.61. The first-order valence-electron chi connectivity index (χ1n) is 5.74. The van der Waals surface area contributed by atoms with E-state index in [9.17, 15) is 0 Å². The van der Waals surface area contributed by atoms with E-state index < -0.39 is 0 Å². The summed E-state index contributed by atoms with van der Waals surface area (Å²) < 4.78 is 1.09. The van der Waals surface area contributed by atoms with Crippen LogP contribution in [-0.4, -0.2) is 23.3 Å². The number of nitrogens with zero attached hydrogens (tertiary/aromatic N) is 1. The van der Waals surface area contributed by atoms with E-state index in [1.54, 1.807) is 11.8 Å².